The van der Waals surface area contributed by atoms with Crippen molar-refractivity contribution in [3.63, 3.8) is 0 Å². The SMILES string of the molecule is c1ccc(-c2cc(-c3cccc(-c4nn5c(-c6ccccc6)cc6ccccc6c5c4-c4ccccc4)c3)nc(-c3ccc(-c4ccc5c(c4)sc4ccccc45)cc3)n2)cc1. The Hall–Kier alpha value is -7.99. The fraction of sp³-hybridized carbons (Fsp3) is 0. The molecular weight excluding hydrogens is 773 g/mol. The molecule has 0 spiro atoms. The molecule has 0 atom stereocenters. The molecule has 0 aliphatic heterocycles. The molecule has 5 heteroatoms. The van der Waals surface area contributed by atoms with E-state index in [1.807, 2.05) is 17.4 Å². The summed E-state index contributed by atoms with van der Waals surface area (Å²) < 4.78 is 4.75. The van der Waals surface area contributed by atoms with E-state index in [9.17, 15) is 0 Å². The van der Waals surface area contributed by atoms with Crippen LogP contribution in [0.15, 0.2) is 218 Å². The molecule has 0 bridgehead atoms. The fourth-order valence-electron chi connectivity index (χ4n) is 8.81. The molecule has 0 radical (unpaired) electrons. The Balaban J connectivity index is 0.998. The van der Waals surface area contributed by atoms with Crippen LogP contribution in [0, 0.1) is 0 Å². The Labute approximate surface area is 362 Å². The van der Waals surface area contributed by atoms with Crippen molar-refractivity contribution < 1.29 is 0 Å². The van der Waals surface area contributed by atoms with Gasteiger partial charge in [0.15, 0.2) is 5.82 Å². The Kier molecular flexibility index (Phi) is 8.65. The molecule has 0 aliphatic carbocycles. The highest BCUT2D eigenvalue weighted by atomic mass is 32.1. The monoisotopic (exact) mass is 808 g/mol. The highest BCUT2D eigenvalue weighted by Gasteiger charge is 2.22. The molecule has 290 valence electrons. The normalized spacial score (nSPS) is 11.5. The number of pyridine rings is 1. The smallest absolute Gasteiger partial charge is 0.160 e. The van der Waals surface area contributed by atoms with Crippen LogP contribution in [0.5, 0.6) is 0 Å². The van der Waals surface area contributed by atoms with E-state index in [0.29, 0.717) is 5.82 Å². The minimum absolute atomic E-state index is 0.676. The molecule has 0 fully saturated rings. The van der Waals surface area contributed by atoms with Gasteiger partial charge in [-0.05, 0) is 52.4 Å². The van der Waals surface area contributed by atoms with Gasteiger partial charge in [0.1, 0.15) is 5.69 Å². The van der Waals surface area contributed by atoms with E-state index < -0.39 is 0 Å². The zero-order valence-electron chi connectivity index (χ0n) is 33.5. The van der Waals surface area contributed by atoms with Crippen molar-refractivity contribution >= 4 is 47.8 Å². The summed E-state index contributed by atoms with van der Waals surface area (Å²) in [6.07, 6.45) is 0. The van der Waals surface area contributed by atoms with Gasteiger partial charge in [-0.2, -0.15) is 5.10 Å². The molecule has 4 nitrogen and oxygen atoms in total. The Morgan fingerprint density at radius 3 is 1.71 bits per heavy atom. The van der Waals surface area contributed by atoms with Crippen molar-refractivity contribution in [1.82, 2.24) is 19.6 Å². The minimum atomic E-state index is 0.676. The number of aromatic nitrogens is 4. The summed E-state index contributed by atoms with van der Waals surface area (Å²) >= 11 is 1.84. The lowest BCUT2D eigenvalue weighted by Crippen LogP contribution is -1.96. The van der Waals surface area contributed by atoms with Crippen molar-refractivity contribution in [1.29, 1.82) is 0 Å². The van der Waals surface area contributed by atoms with Crippen molar-refractivity contribution in [3.05, 3.63) is 218 Å². The molecule has 0 N–H and O–H groups in total. The Morgan fingerprint density at radius 1 is 0.355 bits per heavy atom. The van der Waals surface area contributed by atoms with Crippen molar-refractivity contribution in [2.75, 3.05) is 0 Å². The molecule has 0 saturated heterocycles. The second-order valence-electron chi connectivity index (χ2n) is 15.6. The first kappa shape index (κ1) is 35.9. The van der Waals surface area contributed by atoms with E-state index in [1.165, 1.54) is 31.1 Å². The van der Waals surface area contributed by atoms with Crippen LogP contribution >= 0.6 is 11.3 Å². The predicted octanol–water partition coefficient (Wildman–Crippen LogP) is 15.3. The van der Waals surface area contributed by atoms with E-state index >= 15 is 0 Å². The highest BCUT2D eigenvalue weighted by Crippen LogP contribution is 2.42. The molecule has 0 saturated carbocycles. The molecule has 0 amide bonds. The summed E-state index contributed by atoms with van der Waals surface area (Å²) in [5.41, 5.74) is 14.4. The predicted molar refractivity (Wildman–Crippen MR) is 259 cm³/mol. The number of nitrogens with zero attached hydrogens (tertiary/aromatic N) is 4. The maximum Gasteiger partial charge on any atom is 0.160 e. The average molecular weight is 809 g/mol. The lowest BCUT2D eigenvalue weighted by molar-refractivity contribution is 0.979. The van der Waals surface area contributed by atoms with Crippen LogP contribution in [0.25, 0.3) is 115 Å². The second-order valence-corrected chi connectivity index (χ2v) is 16.7. The number of benzene rings is 8. The first-order valence-electron chi connectivity index (χ1n) is 20.8. The van der Waals surface area contributed by atoms with Gasteiger partial charge in [0.2, 0.25) is 0 Å². The van der Waals surface area contributed by atoms with Gasteiger partial charge in [0.25, 0.3) is 0 Å². The van der Waals surface area contributed by atoms with Gasteiger partial charge >= 0.3 is 0 Å². The molecular formula is C57H36N4S. The molecule has 8 aromatic carbocycles. The van der Waals surface area contributed by atoms with E-state index in [2.05, 4.69) is 217 Å². The van der Waals surface area contributed by atoms with Crippen LogP contribution in [-0.4, -0.2) is 19.6 Å². The number of thiophene rings is 1. The maximum absolute atomic E-state index is 5.50. The Bertz CT molecular complexity index is 3610. The van der Waals surface area contributed by atoms with Gasteiger partial charge in [0, 0.05) is 58.9 Å². The zero-order valence-corrected chi connectivity index (χ0v) is 34.3. The molecule has 62 heavy (non-hydrogen) atoms. The third-order valence-electron chi connectivity index (χ3n) is 11.8. The van der Waals surface area contributed by atoms with E-state index in [0.717, 1.165) is 78.2 Å². The van der Waals surface area contributed by atoms with Gasteiger partial charge < -0.3 is 0 Å². The van der Waals surface area contributed by atoms with Crippen LogP contribution in [0.4, 0.5) is 0 Å². The molecule has 4 aromatic heterocycles. The molecule has 0 unspecified atom stereocenters. The number of hydrogen-bond acceptors (Lipinski definition) is 4. The first-order chi connectivity index (χ1) is 30.7. The molecule has 0 aliphatic rings. The summed E-state index contributed by atoms with van der Waals surface area (Å²) in [5, 5.41) is 10.4. The quantitative estimate of drug-likeness (QED) is 0.161. The van der Waals surface area contributed by atoms with E-state index in [1.54, 1.807) is 0 Å². The summed E-state index contributed by atoms with van der Waals surface area (Å²) in [4.78, 5) is 10.5. The fourth-order valence-corrected chi connectivity index (χ4v) is 9.95. The Morgan fingerprint density at radius 2 is 0.935 bits per heavy atom. The lowest BCUT2D eigenvalue weighted by Gasteiger charge is -2.11. The second kappa shape index (κ2) is 14.9. The zero-order chi connectivity index (χ0) is 41.0. The largest absolute Gasteiger partial charge is 0.231 e. The first-order valence-corrected chi connectivity index (χ1v) is 21.7. The van der Waals surface area contributed by atoms with Gasteiger partial charge in [-0.1, -0.05) is 188 Å². The third kappa shape index (κ3) is 6.26. The van der Waals surface area contributed by atoms with E-state index in [4.69, 9.17) is 15.1 Å². The molecule has 4 heterocycles. The third-order valence-corrected chi connectivity index (χ3v) is 13.0. The van der Waals surface area contributed by atoms with Crippen LogP contribution in [0.3, 0.4) is 0 Å². The molecule has 12 aromatic rings. The van der Waals surface area contributed by atoms with Gasteiger partial charge in [0.05, 0.1) is 22.6 Å². The highest BCUT2D eigenvalue weighted by molar-refractivity contribution is 7.25. The van der Waals surface area contributed by atoms with Crippen molar-refractivity contribution in [2.45, 2.75) is 0 Å². The van der Waals surface area contributed by atoms with Crippen LogP contribution in [-0.2, 0) is 0 Å². The standard InChI is InChI=1S/C57H36N4S/c1-4-15-38(16-5-1)49-36-50(59-57(58-49)41-29-27-37(28-30-41)42-31-32-48-47-25-12-13-26-52(47)62-53(48)35-42)44-22-14-23-45(33-44)55-54(40-19-8-3-9-20-40)56-46-24-11-10-21-43(46)34-51(61(56)60-55)39-17-6-2-7-18-39/h1-36H. The molecule has 12 rings (SSSR count). The van der Waals surface area contributed by atoms with Gasteiger partial charge in [-0.3, -0.25) is 0 Å². The van der Waals surface area contributed by atoms with Crippen LogP contribution in [0.2, 0.25) is 0 Å². The summed E-state index contributed by atoms with van der Waals surface area (Å²) in [7, 11) is 0. The summed E-state index contributed by atoms with van der Waals surface area (Å²) in [5.74, 6) is 0.676. The minimum Gasteiger partial charge on any atom is -0.231 e. The topological polar surface area (TPSA) is 43.1 Å². The number of hydrogen-bond donors (Lipinski definition) is 0. The van der Waals surface area contributed by atoms with Crippen LogP contribution < -0.4 is 0 Å². The van der Waals surface area contributed by atoms with Crippen molar-refractivity contribution in [3.8, 4) is 78.7 Å². The number of rotatable bonds is 7. The maximum atomic E-state index is 5.50. The average Bonchev–Trinajstić information content (AvgIpc) is 3.94. The lowest BCUT2D eigenvalue weighted by atomic mass is 9.95. The van der Waals surface area contributed by atoms with Gasteiger partial charge in [-0.15, -0.1) is 11.3 Å². The van der Waals surface area contributed by atoms with Crippen molar-refractivity contribution in [2.24, 2.45) is 0 Å². The summed E-state index contributed by atoms with van der Waals surface area (Å²) in [6, 6.07) is 77.3. The number of fused-ring (bicyclic) bond motifs is 6. The van der Waals surface area contributed by atoms with Gasteiger partial charge in [-0.25, -0.2) is 14.5 Å². The summed E-state index contributed by atoms with van der Waals surface area (Å²) in [6.45, 7) is 0. The van der Waals surface area contributed by atoms with Crippen LogP contribution in [0.1, 0.15) is 0 Å². The van der Waals surface area contributed by atoms with E-state index in [-0.39, 0.29) is 0 Å².